The number of ketones is 1. The van der Waals surface area contributed by atoms with Crippen LogP contribution in [0.4, 0.5) is 0 Å². The van der Waals surface area contributed by atoms with Crippen molar-refractivity contribution in [3.8, 4) is 6.07 Å². The maximum absolute atomic E-state index is 13.4. The summed E-state index contributed by atoms with van der Waals surface area (Å²) in [6, 6.07) is 2.21. The summed E-state index contributed by atoms with van der Waals surface area (Å²) in [5.74, 6) is 0.290. The monoisotopic (exact) mass is 541 g/mol. The maximum Gasteiger partial charge on any atom is 0.312 e. The summed E-state index contributed by atoms with van der Waals surface area (Å²) < 4.78 is 5.44. The van der Waals surface area contributed by atoms with Gasteiger partial charge in [0, 0.05) is 5.41 Å². The van der Waals surface area contributed by atoms with Gasteiger partial charge in [0.25, 0.3) is 0 Å². The fraction of sp³-hybridized carbons (Fsp3) is 0.853. The van der Waals surface area contributed by atoms with Gasteiger partial charge in [0.05, 0.1) is 24.2 Å². The molecule has 39 heavy (non-hydrogen) atoms. The van der Waals surface area contributed by atoms with Crippen molar-refractivity contribution in [3.63, 3.8) is 0 Å². The molecule has 3 aliphatic rings. The van der Waals surface area contributed by atoms with Gasteiger partial charge in [0.15, 0.2) is 5.78 Å². The molecule has 0 aliphatic heterocycles. The lowest BCUT2D eigenvalue weighted by atomic mass is 9.39. The second-order valence-electron chi connectivity index (χ2n) is 16.0. The van der Waals surface area contributed by atoms with Crippen molar-refractivity contribution in [3.05, 3.63) is 11.6 Å². The predicted molar refractivity (Wildman–Crippen MR) is 155 cm³/mol. The number of rotatable bonds is 7. The van der Waals surface area contributed by atoms with Gasteiger partial charge in [0.2, 0.25) is 0 Å². The zero-order valence-electron chi connectivity index (χ0n) is 26.7. The van der Waals surface area contributed by atoms with Gasteiger partial charge in [0.1, 0.15) is 6.07 Å². The molecule has 0 radical (unpaired) electrons. The van der Waals surface area contributed by atoms with E-state index in [1.807, 2.05) is 26.8 Å². The molecule has 2 saturated carbocycles. The molecule has 0 amide bonds. The summed E-state index contributed by atoms with van der Waals surface area (Å²) in [6.45, 7) is 21.9. The Labute approximate surface area is 238 Å². The van der Waals surface area contributed by atoms with Gasteiger partial charge in [-0.2, -0.15) is 5.26 Å². The number of carbonyl (C=O) groups excluding carboxylic acids is 2. The van der Waals surface area contributed by atoms with Crippen molar-refractivity contribution in [1.82, 2.24) is 0 Å². The molecule has 2 fully saturated rings. The Balaban J connectivity index is 2.04. The zero-order valence-corrected chi connectivity index (χ0v) is 26.7. The Hall–Kier alpha value is -1.67. The number of hydrogen-bond donors (Lipinski definition) is 1. The van der Waals surface area contributed by atoms with Crippen molar-refractivity contribution < 1.29 is 19.4 Å². The highest BCUT2D eigenvalue weighted by atomic mass is 16.5. The molecule has 3 aliphatic carbocycles. The highest BCUT2D eigenvalue weighted by Gasteiger charge is 2.63. The van der Waals surface area contributed by atoms with Crippen LogP contribution in [0.15, 0.2) is 11.6 Å². The fourth-order valence-electron chi connectivity index (χ4n) is 9.56. The minimum Gasteiger partial charge on any atom is -0.469 e. The van der Waals surface area contributed by atoms with E-state index in [-0.39, 0.29) is 51.3 Å². The number of ether oxygens (including phenoxy) is 1. The van der Waals surface area contributed by atoms with Gasteiger partial charge in [-0.3, -0.25) is 9.59 Å². The van der Waals surface area contributed by atoms with Crippen LogP contribution in [-0.4, -0.2) is 30.1 Å². The lowest BCUT2D eigenvalue weighted by molar-refractivity contribution is -0.167. The number of hydrogen-bond acceptors (Lipinski definition) is 5. The van der Waals surface area contributed by atoms with Crippen LogP contribution in [0, 0.1) is 61.6 Å². The topological polar surface area (TPSA) is 87.4 Å². The average molecular weight is 542 g/mol. The number of fused-ring (bicyclic) bond motifs is 1. The van der Waals surface area contributed by atoms with Crippen molar-refractivity contribution >= 4 is 11.8 Å². The largest absolute Gasteiger partial charge is 0.469 e. The lowest BCUT2D eigenvalue weighted by Gasteiger charge is -2.64. The molecule has 0 aromatic carbocycles. The molecule has 0 aromatic rings. The third-order valence-electron chi connectivity index (χ3n) is 12.5. The Morgan fingerprint density at radius 3 is 2.31 bits per heavy atom. The zero-order chi connectivity index (χ0) is 29.8. The third kappa shape index (κ3) is 5.13. The van der Waals surface area contributed by atoms with E-state index in [1.54, 1.807) is 0 Å². The van der Waals surface area contributed by atoms with E-state index < -0.39 is 22.3 Å². The van der Waals surface area contributed by atoms with Crippen LogP contribution in [0.2, 0.25) is 0 Å². The van der Waals surface area contributed by atoms with Gasteiger partial charge in [-0.1, -0.05) is 68.4 Å². The number of carbonyl (C=O) groups is 2. The van der Waals surface area contributed by atoms with Gasteiger partial charge in [-0.05, 0) is 97.7 Å². The number of aliphatic hydroxyl groups excluding tert-OH is 1. The summed E-state index contributed by atoms with van der Waals surface area (Å²) in [5, 5.41) is 20.7. The third-order valence-corrected chi connectivity index (χ3v) is 12.5. The number of methoxy groups -OCH3 is 1. The molecule has 0 heterocycles. The first-order valence-corrected chi connectivity index (χ1v) is 15.2. The van der Waals surface area contributed by atoms with Gasteiger partial charge >= 0.3 is 5.97 Å². The van der Waals surface area contributed by atoms with Crippen LogP contribution in [0.1, 0.15) is 121 Å². The molecule has 220 valence electrons. The van der Waals surface area contributed by atoms with E-state index in [0.717, 1.165) is 44.9 Å². The summed E-state index contributed by atoms with van der Waals surface area (Å²) in [4.78, 5) is 26.6. The molecule has 0 saturated heterocycles. The predicted octanol–water partition coefficient (Wildman–Crippen LogP) is 7.67. The molecule has 0 bridgehead atoms. The quantitative estimate of drug-likeness (QED) is 0.334. The van der Waals surface area contributed by atoms with Crippen LogP contribution in [-0.2, 0) is 14.3 Å². The van der Waals surface area contributed by atoms with Crippen LogP contribution in [0.5, 0.6) is 0 Å². The molecular weight excluding hydrogens is 486 g/mol. The van der Waals surface area contributed by atoms with Gasteiger partial charge in [-0.15, -0.1) is 0 Å². The van der Waals surface area contributed by atoms with Crippen molar-refractivity contribution in [2.24, 2.45) is 50.2 Å². The van der Waals surface area contributed by atoms with E-state index in [9.17, 15) is 20.0 Å². The Kier molecular flexibility index (Phi) is 8.42. The second-order valence-corrected chi connectivity index (χ2v) is 16.0. The summed E-state index contributed by atoms with van der Waals surface area (Å²) in [6.07, 6.45) is 8.44. The first-order valence-electron chi connectivity index (χ1n) is 15.2. The van der Waals surface area contributed by atoms with E-state index >= 15 is 0 Å². The molecule has 7 atom stereocenters. The number of allylic oxidation sites excluding steroid dienone is 2. The lowest BCUT2D eigenvalue weighted by Crippen LogP contribution is -2.60. The highest BCUT2D eigenvalue weighted by molar-refractivity contribution is 6.04. The number of esters is 1. The van der Waals surface area contributed by atoms with Crippen LogP contribution >= 0.6 is 0 Å². The molecule has 1 unspecified atom stereocenters. The standard InChI is InChI=1S/C34H55NO4/c1-22-19-29(3,4)14-16-34(22,28(38)39-11)17-15-30(5,6)33(10)13-12-25-31(7,8)27(37)24(21-35)20-32(25,9)26(33)18-23(2)36/h20,22-23,25-26,36H,12-19H2,1-11H3/t22?,23-,25+,26-,32+,33-,34+/m1/s1. The summed E-state index contributed by atoms with van der Waals surface area (Å²) >= 11 is 0. The fourth-order valence-corrected chi connectivity index (χ4v) is 9.56. The molecule has 5 nitrogen and oxygen atoms in total. The van der Waals surface area contributed by atoms with Crippen molar-refractivity contribution in [2.75, 3.05) is 7.11 Å². The highest BCUT2D eigenvalue weighted by Crippen LogP contribution is 2.68. The van der Waals surface area contributed by atoms with Crippen molar-refractivity contribution in [2.45, 2.75) is 127 Å². The van der Waals surface area contributed by atoms with E-state index in [2.05, 4.69) is 54.5 Å². The number of nitriles is 1. The van der Waals surface area contributed by atoms with Crippen LogP contribution < -0.4 is 0 Å². The normalized spacial score (nSPS) is 38.7. The smallest absolute Gasteiger partial charge is 0.312 e. The van der Waals surface area contributed by atoms with Gasteiger partial charge in [-0.25, -0.2) is 0 Å². The van der Waals surface area contributed by atoms with Crippen molar-refractivity contribution in [1.29, 1.82) is 5.26 Å². The Morgan fingerprint density at radius 2 is 1.79 bits per heavy atom. The van der Waals surface area contributed by atoms with E-state index in [0.29, 0.717) is 6.42 Å². The number of aliphatic hydroxyl groups is 1. The summed E-state index contributed by atoms with van der Waals surface area (Å²) in [5.41, 5.74) is -1.34. The minimum absolute atomic E-state index is 0.0552. The van der Waals surface area contributed by atoms with Crippen LogP contribution in [0.25, 0.3) is 0 Å². The summed E-state index contributed by atoms with van der Waals surface area (Å²) in [7, 11) is 1.52. The molecule has 1 N–H and O–H groups in total. The molecule has 3 rings (SSSR count). The SMILES string of the molecule is COC(=O)[C@]1(CCC(C)(C)[C@]2(C)CC[C@H]3C(C)(C)C(=O)C(C#N)=C[C@]3(C)[C@H]2C[C@@H](C)O)CCC(C)(C)CC1C. The van der Waals surface area contributed by atoms with Gasteiger partial charge < -0.3 is 9.84 Å². The Morgan fingerprint density at radius 1 is 1.18 bits per heavy atom. The Bertz CT molecular complexity index is 1050. The maximum atomic E-state index is 13.4. The average Bonchev–Trinajstić information content (AvgIpc) is 2.82. The number of nitrogens with zero attached hydrogens (tertiary/aromatic N) is 1. The molecular formula is C34H55NO4. The van der Waals surface area contributed by atoms with E-state index in [4.69, 9.17) is 4.74 Å². The molecule has 5 heteroatoms. The van der Waals surface area contributed by atoms with E-state index in [1.165, 1.54) is 7.11 Å². The van der Waals surface area contributed by atoms with Crippen LogP contribution in [0.3, 0.4) is 0 Å². The first-order chi connectivity index (χ1) is 17.7. The molecule has 0 aromatic heterocycles. The second kappa shape index (κ2) is 10.3. The first kappa shape index (κ1) is 31.9. The number of Topliss-reactive ketones (excluding diaryl/α,β-unsaturated/α-hetero) is 1. The minimum atomic E-state index is -0.629. The molecule has 0 spiro atoms.